The molecule has 2 rings (SSSR count). The largest absolute Gasteiger partial charge is 0.333 e. The fourth-order valence-electron chi connectivity index (χ4n) is 2.63. The molecule has 1 heterocycles. The minimum absolute atomic E-state index is 0.572. The van der Waals surface area contributed by atoms with Crippen LogP contribution >= 0.6 is 11.6 Å². The Morgan fingerprint density at radius 1 is 1.53 bits per heavy atom. The van der Waals surface area contributed by atoms with Gasteiger partial charge in [0.15, 0.2) is 0 Å². The van der Waals surface area contributed by atoms with Crippen LogP contribution in [0.25, 0.3) is 0 Å². The summed E-state index contributed by atoms with van der Waals surface area (Å²) in [6, 6.07) is 0. The highest BCUT2D eigenvalue weighted by Crippen LogP contribution is 2.29. The van der Waals surface area contributed by atoms with Crippen molar-refractivity contribution in [2.75, 3.05) is 0 Å². The Kier molecular flexibility index (Phi) is 3.68. The van der Waals surface area contributed by atoms with Gasteiger partial charge in [0.1, 0.15) is 0 Å². The zero-order valence-electron chi connectivity index (χ0n) is 9.32. The van der Waals surface area contributed by atoms with Crippen LogP contribution in [0.1, 0.15) is 38.3 Å². The van der Waals surface area contributed by atoms with Crippen LogP contribution in [0.2, 0.25) is 0 Å². The third-order valence-electron chi connectivity index (χ3n) is 3.44. The van der Waals surface area contributed by atoms with Crippen molar-refractivity contribution in [2.24, 2.45) is 11.8 Å². The van der Waals surface area contributed by atoms with E-state index < -0.39 is 0 Å². The van der Waals surface area contributed by atoms with E-state index in [1.807, 2.05) is 12.5 Å². The van der Waals surface area contributed by atoms with Crippen LogP contribution in [0, 0.1) is 11.8 Å². The van der Waals surface area contributed by atoms with E-state index in [2.05, 4.69) is 16.5 Å². The first-order valence-electron chi connectivity index (χ1n) is 5.84. The van der Waals surface area contributed by atoms with Gasteiger partial charge in [-0.15, -0.1) is 11.6 Å². The van der Waals surface area contributed by atoms with Crippen LogP contribution in [0.4, 0.5) is 0 Å². The van der Waals surface area contributed by atoms with Crippen LogP contribution < -0.4 is 0 Å². The van der Waals surface area contributed by atoms with E-state index in [1.165, 1.54) is 25.7 Å². The van der Waals surface area contributed by atoms with Crippen molar-refractivity contribution in [3.63, 3.8) is 0 Å². The van der Waals surface area contributed by atoms with E-state index in [0.717, 1.165) is 24.1 Å². The Bertz CT molecular complexity index is 308. The SMILES string of the molecule is CC1CCCC(Cn2cncc2CCl)C1. The van der Waals surface area contributed by atoms with Gasteiger partial charge in [0.05, 0.1) is 17.9 Å². The third-order valence-corrected chi connectivity index (χ3v) is 3.71. The first kappa shape index (κ1) is 11.0. The summed E-state index contributed by atoms with van der Waals surface area (Å²) in [7, 11) is 0. The number of alkyl halides is 1. The fourth-order valence-corrected chi connectivity index (χ4v) is 2.85. The average Bonchev–Trinajstić information content (AvgIpc) is 2.65. The van der Waals surface area contributed by atoms with Crippen LogP contribution in [0.5, 0.6) is 0 Å². The first-order valence-corrected chi connectivity index (χ1v) is 6.38. The molecule has 0 radical (unpaired) electrons. The quantitative estimate of drug-likeness (QED) is 0.722. The number of rotatable bonds is 3. The second kappa shape index (κ2) is 5.02. The fraction of sp³-hybridized carbons (Fsp3) is 0.750. The third kappa shape index (κ3) is 2.75. The molecule has 1 aliphatic rings. The number of hydrogen-bond donors (Lipinski definition) is 0. The van der Waals surface area contributed by atoms with E-state index in [0.29, 0.717) is 5.88 Å². The minimum atomic E-state index is 0.572. The number of aromatic nitrogens is 2. The average molecular weight is 227 g/mol. The molecule has 2 atom stereocenters. The molecule has 0 bridgehead atoms. The Morgan fingerprint density at radius 3 is 3.13 bits per heavy atom. The van der Waals surface area contributed by atoms with E-state index in [4.69, 9.17) is 11.6 Å². The zero-order valence-corrected chi connectivity index (χ0v) is 10.1. The maximum Gasteiger partial charge on any atom is 0.0948 e. The number of nitrogens with zero attached hydrogens (tertiary/aromatic N) is 2. The van der Waals surface area contributed by atoms with Gasteiger partial charge in [0, 0.05) is 12.7 Å². The Labute approximate surface area is 96.7 Å². The molecule has 0 spiro atoms. The molecule has 0 N–H and O–H groups in total. The van der Waals surface area contributed by atoms with E-state index >= 15 is 0 Å². The standard InChI is InChI=1S/C12H19ClN2/c1-10-3-2-4-11(5-10)8-15-9-14-7-12(15)6-13/h7,9-11H,2-6,8H2,1H3. The normalized spacial score (nSPS) is 26.8. The molecule has 3 heteroatoms. The lowest BCUT2D eigenvalue weighted by Crippen LogP contribution is -2.19. The van der Waals surface area contributed by atoms with Crippen molar-refractivity contribution >= 4 is 11.6 Å². The highest BCUT2D eigenvalue weighted by molar-refractivity contribution is 6.16. The Morgan fingerprint density at radius 2 is 2.40 bits per heavy atom. The predicted molar refractivity (Wildman–Crippen MR) is 62.9 cm³/mol. The molecular formula is C12H19ClN2. The van der Waals surface area contributed by atoms with Crippen molar-refractivity contribution in [1.29, 1.82) is 0 Å². The second-order valence-corrected chi connectivity index (χ2v) is 5.08. The molecule has 0 aromatic carbocycles. The summed E-state index contributed by atoms with van der Waals surface area (Å²) in [4.78, 5) is 4.16. The van der Waals surface area contributed by atoms with E-state index in [9.17, 15) is 0 Å². The van der Waals surface area contributed by atoms with Gasteiger partial charge >= 0.3 is 0 Å². The summed E-state index contributed by atoms with van der Waals surface area (Å²) in [5.41, 5.74) is 1.15. The molecule has 1 aromatic rings. The summed E-state index contributed by atoms with van der Waals surface area (Å²) >= 11 is 5.86. The van der Waals surface area contributed by atoms with Crippen molar-refractivity contribution in [2.45, 2.75) is 45.0 Å². The van der Waals surface area contributed by atoms with Crippen molar-refractivity contribution in [1.82, 2.24) is 9.55 Å². The smallest absolute Gasteiger partial charge is 0.0948 e. The van der Waals surface area contributed by atoms with Crippen molar-refractivity contribution in [3.05, 3.63) is 18.2 Å². The summed E-state index contributed by atoms with van der Waals surface area (Å²) in [5, 5.41) is 0. The molecule has 2 unspecified atom stereocenters. The number of hydrogen-bond acceptors (Lipinski definition) is 1. The van der Waals surface area contributed by atoms with E-state index in [-0.39, 0.29) is 0 Å². The van der Waals surface area contributed by atoms with Gasteiger partial charge in [0.25, 0.3) is 0 Å². The van der Waals surface area contributed by atoms with Crippen LogP contribution in [-0.4, -0.2) is 9.55 Å². The summed E-state index contributed by atoms with van der Waals surface area (Å²) in [5.74, 6) is 2.29. The molecule has 1 aliphatic carbocycles. The highest BCUT2D eigenvalue weighted by Gasteiger charge is 2.19. The molecule has 0 saturated heterocycles. The van der Waals surface area contributed by atoms with Gasteiger partial charge in [-0.2, -0.15) is 0 Å². The molecule has 1 aromatic heterocycles. The molecular weight excluding hydrogens is 208 g/mol. The molecule has 2 nitrogen and oxygen atoms in total. The van der Waals surface area contributed by atoms with Gasteiger partial charge in [-0.1, -0.05) is 19.8 Å². The molecule has 1 saturated carbocycles. The maximum atomic E-state index is 5.86. The summed E-state index contributed by atoms with van der Waals surface area (Å²) < 4.78 is 2.22. The van der Waals surface area contributed by atoms with Crippen LogP contribution in [0.3, 0.4) is 0 Å². The number of imidazole rings is 1. The lowest BCUT2D eigenvalue weighted by atomic mass is 9.82. The van der Waals surface area contributed by atoms with Gasteiger partial charge in [0.2, 0.25) is 0 Å². The molecule has 1 fully saturated rings. The zero-order chi connectivity index (χ0) is 10.7. The topological polar surface area (TPSA) is 17.8 Å². The monoisotopic (exact) mass is 226 g/mol. The second-order valence-electron chi connectivity index (χ2n) is 4.81. The van der Waals surface area contributed by atoms with Crippen LogP contribution in [-0.2, 0) is 12.4 Å². The first-order chi connectivity index (χ1) is 7.29. The number of halogens is 1. The molecule has 15 heavy (non-hydrogen) atoms. The van der Waals surface area contributed by atoms with Gasteiger partial charge in [-0.3, -0.25) is 0 Å². The summed E-state index contributed by atoms with van der Waals surface area (Å²) in [6.07, 6.45) is 9.31. The molecule has 84 valence electrons. The van der Waals surface area contributed by atoms with Gasteiger partial charge < -0.3 is 4.57 Å². The Balaban J connectivity index is 1.96. The minimum Gasteiger partial charge on any atom is -0.333 e. The van der Waals surface area contributed by atoms with Gasteiger partial charge in [-0.25, -0.2) is 4.98 Å². The van der Waals surface area contributed by atoms with E-state index in [1.54, 1.807) is 0 Å². The van der Waals surface area contributed by atoms with Gasteiger partial charge in [-0.05, 0) is 24.7 Å². The Hall–Kier alpha value is -0.500. The highest BCUT2D eigenvalue weighted by atomic mass is 35.5. The van der Waals surface area contributed by atoms with Crippen LogP contribution in [0.15, 0.2) is 12.5 Å². The maximum absolute atomic E-state index is 5.86. The lowest BCUT2D eigenvalue weighted by Gasteiger charge is -2.27. The molecule has 0 aliphatic heterocycles. The van der Waals surface area contributed by atoms with Crippen molar-refractivity contribution < 1.29 is 0 Å². The lowest BCUT2D eigenvalue weighted by molar-refractivity contribution is 0.255. The molecule has 0 amide bonds. The summed E-state index contributed by atoms with van der Waals surface area (Å²) in [6.45, 7) is 3.47. The predicted octanol–water partition coefficient (Wildman–Crippen LogP) is 3.45. The van der Waals surface area contributed by atoms with Crippen molar-refractivity contribution in [3.8, 4) is 0 Å².